The second-order valence-electron chi connectivity index (χ2n) is 9.60. The molecule has 3 saturated carbocycles. The molecule has 3 fully saturated rings. The normalized spacial score (nSPS) is 48.2. The zero-order valence-electron chi connectivity index (χ0n) is 16.0. The van der Waals surface area contributed by atoms with Gasteiger partial charge in [0.2, 0.25) is 0 Å². The lowest BCUT2D eigenvalue weighted by Crippen LogP contribution is -2.62. The first-order valence-electron chi connectivity index (χ1n) is 10.0. The average molecular weight is 358 g/mol. The minimum atomic E-state index is -0.834. The predicted octanol–water partition coefficient (Wildman–Crippen LogP) is 3.75. The summed E-state index contributed by atoms with van der Waals surface area (Å²) in [6, 6.07) is 0. The van der Waals surface area contributed by atoms with Crippen molar-refractivity contribution >= 4 is 11.8 Å². The summed E-state index contributed by atoms with van der Waals surface area (Å²) in [6.45, 7) is 6.20. The summed E-state index contributed by atoms with van der Waals surface area (Å²) in [6.07, 6.45) is 10.5. The van der Waals surface area contributed by atoms with E-state index in [0.717, 1.165) is 37.7 Å². The van der Waals surface area contributed by atoms with E-state index in [-0.39, 0.29) is 29.0 Å². The summed E-state index contributed by atoms with van der Waals surface area (Å²) in [5.41, 5.74) is -0.247. The van der Waals surface area contributed by atoms with Crippen molar-refractivity contribution in [1.29, 1.82) is 0 Å². The van der Waals surface area contributed by atoms with E-state index in [1.54, 1.807) is 12.2 Å². The van der Waals surface area contributed by atoms with E-state index in [2.05, 4.69) is 13.8 Å². The number of hydrogen-bond acceptors (Lipinski definition) is 3. The lowest BCUT2D eigenvalue weighted by molar-refractivity contribution is -0.179. The Balaban J connectivity index is 1.71. The minimum Gasteiger partial charge on any atom is -0.481 e. The van der Waals surface area contributed by atoms with Crippen molar-refractivity contribution in [2.24, 2.45) is 34.5 Å². The predicted molar refractivity (Wildman–Crippen MR) is 98.4 cm³/mol. The summed E-state index contributed by atoms with van der Waals surface area (Å²) >= 11 is 0. The van der Waals surface area contributed by atoms with Crippen molar-refractivity contribution < 1.29 is 19.8 Å². The molecule has 0 saturated heterocycles. The third-order valence-corrected chi connectivity index (χ3v) is 8.81. The second kappa shape index (κ2) is 5.54. The summed E-state index contributed by atoms with van der Waals surface area (Å²) in [5, 5.41) is 21.5. The van der Waals surface area contributed by atoms with Gasteiger partial charge in [-0.05, 0) is 80.8 Å². The molecule has 142 valence electrons. The maximum atomic E-state index is 11.9. The second-order valence-corrected chi connectivity index (χ2v) is 9.60. The number of fused-ring (bicyclic) bond motifs is 5. The van der Waals surface area contributed by atoms with Gasteiger partial charge in [-0.15, -0.1) is 0 Å². The molecule has 0 radical (unpaired) electrons. The molecule has 0 aromatic rings. The molecule has 0 aromatic carbocycles. The van der Waals surface area contributed by atoms with Gasteiger partial charge >= 0.3 is 5.97 Å². The summed E-state index contributed by atoms with van der Waals surface area (Å²) in [4.78, 5) is 23.5. The van der Waals surface area contributed by atoms with Gasteiger partial charge < -0.3 is 10.2 Å². The van der Waals surface area contributed by atoms with E-state index >= 15 is 0 Å². The molecule has 4 aliphatic carbocycles. The van der Waals surface area contributed by atoms with Crippen LogP contribution in [-0.4, -0.2) is 27.6 Å². The Bertz CT molecular complexity index is 722. The molecule has 0 heterocycles. The van der Waals surface area contributed by atoms with E-state index in [9.17, 15) is 19.8 Å². The number of allylic oxidation sites excluding steroid dienone is 2. The van der Waals surface area contributed by atoms with Gasteiger partial charge in [0.25, 0.3) is 0 Å². The fourth-order valence-electron chi connectivity index (χ4n) is 7.17. The monoisotopic (exact) mass is 358 g/mol. The molecule has 2 N–H and O–H groups in total. The van der Waals surface area contributed by atoms with Crippen molar-refractivity contribution in [2.45, 2.75) is 64.9 Å². The number of ketones is 1. The highest BCUT2D eigenvalue weighted by Crippen LogP contribution is 2.68. The summed E-state index contributed by atoms with van der Waals surface area (Å²) < 4.78 is 0. The molecule has 0 spiro atoms. The van der Waals surface area contributed by atoms with Gasteiger partial charge in [0, 0.05) is 5.41 Å². The molecular weight excluding hydrogens is 328 g/mol. The number of carbonyl (C=O) groups is 2. The third kappa shape index (κ3) is 2.11. The Morgan fingerprint density at radius 3 is 2.62 bits per heavy atom. The molecule has 4 nitrogen and oxygen atoms in total. The number of hydrogen-bond donors (Lipinski definition) is 2. The zero-order chi connectivity index (χ0) is 18.9. The number of carbonyl (C=O) groups excluding carboxylic acids is 1. The molecule has 0 amide bonds. The van der Waals surface area contributed by atoms with Crippen molar-refractivity contribution in [3.63, 3.8) is 0 Å². The Kier molecular flexibility index (Phi) is 3.83. The van der Waals surface area contributed by atoms with E-state index in [1.165, 1.54) is 0 Å². The number of rotatable bonds is 2. The molecule has 4 heteroatoms. The van der Waals surface area contributed by atoms with Crippen LogP contribution >= 0.6 is 0 Å². The molecule has 0 aliphatic heterocycles. The Morgan fingerprint density at radius 2 is 1.92 bits per heavy atom. The van der Waals surface area contributed by atoms with Gasteiger partial charge in [-0.3, -0.25) is 9.59 Å². The van der Waals surface area contributed by atoms with Gasteiger partial charge in [-0.1, -0.05) is 25.5 Å². The van der Waals surface area contributed by atoms with Gasteiger partial charge in [-0.25, -0.2) is 0 Å². The first-order chi connectivity index (χ1) is 12.1. The third-order valence-electron chi connectivity index (χ3n) is 8.81. The van der Waals surface area contributed by atoms with Crippen molar-refractivity contribution in [1.82, 2.24) is 0 Å². The van der Waals surface area contributed by atoms with Crippen LogP contribution in [-0.2, 0) is 9.59 Å². The quantitative estimate of drug-likeness (QED) is 0.788. The highest BCUT2D eigenvalue weighted by molar-refractivity contribution is 6.01. The highest BCUT2D eigenvalue weighted by Gasteiger charge is 2.65. The zero-order valence-corrected chi connectivity index (χ0v) is 16.0. The molecule has 7 atom stereocenters. The Morgan fingerprint density at radius 1 is 1.19 bits per heavy atom. The summed E-state index contributed by atoms with van der Waals surface area (Å²) in [7, 11) is 0. The molecule has 0 aromatic heterocycles. The lowest BCUT2D eigenvalue weighted by atomic mass is 9.45. The maximum Gasteiger partial charge on any atom is 0.306 e. The molecule has 4 rings (SSSR count). The smallest absolute Gasteiger partial charge is 0.306 e. The van der Waals surface area contributed by atoms with Crippen molar-refractivity contribution in [2.75, 3.05) is 0 Å². The fourth-order valence-corrected chi connectivity index (χ4v) is 7.17. The van der Waals surface area contributed by atoms with Crippen LogP contribution in [0.15, 0.2) is 23.8 Å². The fraction of sp³-hybridized carbons (Fsp3) is 0.727. The van der Waals surface area contributed by atoms with Crippen LogP contribution < -0.4 is 0 Å². The SMILES string of the molecule is C[C@H](C(=O)O)[C@H]1CC[C@H]2[C@@H]3CCC4=CC(=O)C=C[C@]4(C)[C@@]3(O)CC[C@]12C. The Hall–Kier alpha value is -1.42. The molecule has 0 unspecified atom stereocenters. The number of carboxylic acids is 1. The average Bonchev–Trinajstić information content (AvgIpc) is 2.93. The first kappa shape index (κ1) is 18.0. The van der Waals surface area contributed by atoms with E-state index in [0.29, 0.717) is 12.3 Å². The molecule has 0 bridgehead atoms. The molecule has 4 aliphatic rings. The standard InChI is InChI=1S/C22H30O4/c1-13(19(24)25)16-6-7-17-18-5-4-14-12-15(23)8-9-21(14,3)22(18,26)11-10-20(16,17)2/h8-9,12-13,16-18,26H,4-7,10-11H2,1-3H3,(H,24,25)/t13-,16+,17-,18-,20+,21-,22+/m0/s1. The number of aliphatic hydroxyl groups is 1. The minimum absolute atomic E-state index is 0.0134. The van der Waals surface area contributed by atoms with Gasteiger partial charge in [0.1, 0.15) is 0 Å². The van der Waals surface area contributed by atoms with Crippen LogP contribution in [0.1, 0.15) is 59.3 Å². The van der Waals surface area contributed by atoms with Crippen LogP contribution in [0.25, 0.3) is 0 Å². The number of carboxylic acid groups (broad SMARTS) is 1. The van der Waals surface area contributed by atoms with Crippen LogP contribution in [0.3, 0.4) is 0 Å². The topological polar surface area (TPSA) is 74.6 Å². The maximum absolute atomic E-state index is 11.9. The van der Waals surface area contributed by atoms with Crippen LogP contribution in [0.2, 0.25) is 0 Å². The molecule has 26 heavy (non-hydrogen) atoms. The van der Waals surface area contributed by atoms with Crippen molar-refractivity contribution in [3.8, 4) is 0 Å². The summed E-state index contributed by atoms with van der Waals surface area (Å²) in [5.74, 6) is -0.297. The molecular formula is C22H30O4. The van der Waals surface area contributed by atoms with Gasteiger partial charge in [0.05, 0.1) is 11.5 Å². The van der Waals surface area contributed by atoms with E-state index in [4.69, 9.17) is 0 Å². The van der Waals surface area contributed by atoms with Crippen LogP contribution in [0.5, 0.6) is 0 Å². The van der Waals surface area contributed by atoms with Crippen LogP contribution in [0, 0.1) is 34.5 Å². The van der Waals surface area contributed by atoms with E-state index in [1.807, 2.05) is 13.0 Å². The van der Waals surface area contributed by atoms with Crippen LogP contribution in [0.4, 0.5) is 0 Å². The van der Waals surface area contributed by atoms with Gasteiger partial charge in [0.15, 0.2) is 5.78 Å². The number of aliphatic carboxylic acids is 1. The van der Waals surface area contributed by atoms with E-state index < -0.39 is 17.0 Å². The Labute approximate surface area is 155 Å². The highest BCUT2D eigenvalue weighted by atomic mass is 16.4. The first-order valence-corrected chi connectivity index (χ1v) is 10.0. The largest absolute Gasteiger partial charge is 0.481 e. The van der Waals surface area contributed by atoms with Gasteiger partial charge in [-0.2, -0.15) is 0 Å². The van der Waals surface area contributed by atoms with Crippen molar-refractivity contribution in [3.05, 3.63) is 23.8 Å². The lowest BCUT2D eigenvalue weighted by Gasteiger charge is -2.62.